The summed E-state index contributed by atoms with van der Waals surface area (Å²) in [6, 6.07) is 11.3. The fourth-order valence-corrected chi connectivity index (χ4v) is 3.47. The summed E-state index contributed by atoms with van der Waals surface area (Å²) in [5, 5.41) is 7.55. The Morgan fingerprint density at radius 2 is 1.83 bits per heavy atom. The van der Waals surface area contributed by atoms with Crippen LogP contribution >= 0.6 is 0 Å². The van der Waals surface area contributed by atoms with Crippen molar-refractivity contribution in [3.05, 3.63) is 70.8 Å². The van der Waals surface area contributed by atoms with Crippen molar-refractivity contribution in [2.75, 3.05) is 14.2 Å². The number of carbonyl (C=O) groups excluding carboxylic acids is 1. The first-order valence-corrected chi connectivity index (χ1v) is 9.66. The van der Waals surface area contributed by atoms with Crippen molar-refractivity contribution < 1.29 is 18.7 Å². The molecule has 0 unspecified atom stereocenters. The zero-order valence-corrected chi connectivity index (χ0v) is 17.8. The van der Waals surface area contributed by atoms with E-state index >= 15 is 0 Å². The topological polar surface area (TPSA) is 65.4 Å². The monoisotopic (exact) mass is 411 g/mol. The Balaban J connectivity index is 1.78. The Hall–Kier alpha value is -3.35. The van der Waals surface area contributed by atoms with E-state index < -0.39 is 0 Å². The van der Waals surface area contributed by atoms with Crippen LogP contribution in [0.25, 0.3) is 5.69 Å². The maximum Gasteiger partial charge on any atom is 0.225 e. The molecule has 6 nitrogen and oxygen atoms in total. The molecule has 3 aromatic rings. The molecule has 30 heavy (non-hydrogen) atoms. The van der Waals surface area contributed by atoms with E-state index in [9.17, 15) is 9.18 Å². The Kier molecular flexibility index (Phi) is 6.40. The van der Waals surface area contributed by atoms with Crippen LogP contribution in [0.4, 0.5) is 4.39 Å². The predicted molar refractivity (Wildman–Crippen MR) is 113 cm³/mol. The molecule has 3 rings (SSSR count). The Bertz CT molecular complexity index is 1040. The number of ether oxygens (including phenoxy) is 2. The van der Waals surface area contributed by atoms with Crippen LogP contribution in [0.15, 0.2) is 42.5 Å². The van der Waals surface area contributed by atoms with Gasteiger partial charge >= 0.3 is 0 Å². The van der Waals surface area contributed by atoms with E-state index in [1.807, 2.05) is 39.0 Å². The molecule has 0 radical (unpaired) electrons. The van der Waals surface area contributed by atoms with E-state index in [4.69, 9.17) is 9.47 Å². The van der Waals surface area contributed by atoms with Gasteiger partial charge in [-0.15, -0.1) is 0 Å². The molecule has 158 valence electrons. The van der Waals surface area contributed by atoms with Crippen molar-refractivity contribution in [3.63, 3.8) is 0 Å². The van der Waals surface area contributed by atoms with E-state index in [1.165, 1.54) is 12.1 Å². The number of hydrogen-bond acceptors (Lipinski definition) is 4. The molecule has 0 aliphatic rings. The number of nitrogens with zero attached hydrogens (tertiary/aromatic N) is 2. The summed E-state index contributed by atoms with van der Waals surface area (Å²) in [6.07, 6.45) is 0.190. The summed E-state index contributed by atoms with van der Waals surface area (Å²) in [5.74, 6) is 0.943. The highest BCUT2D eigenvalue weighted by Crippen LogP contribution is 2.29. The molecule has 7 heteroatoms. The van der Waals surface area contributed by atoms with E-state index in [1.54, 1.807) is 31.0 Å². The van der Waals surface area contributed by atoms with Crippen LogP contribution in [0.5, 0.6) is 11.5 Å². The van der Waals surface area contributed by atoms with E-state index in [0.717, 1.165) is 28.2 Å². The molecule has 0 aliphatic heterocycles. The number of halogens is 1. The van der Waals surface area contributed by atoms with Gasteiger partial charge in [0.2, 0.25) is 5.91 Å². The molecule has 1 atom stereocenters. The molecule has 1 heterocycles. The number of aryl methyl sites for hydroxylation is 1. The fourth-order valence-electron chi connectivity index (χ4n) is 3.47. The maximum atomic E-state index is 13.2. The van der Waals surface area contributed by atoms with Crippen LogP contribution in [0.1, 0.15) is 35.5 Å². The lowest BCUT2D eigenvalue weighted by molar-refractivity contribution is -0.121. The minimum Gasteiger partial charge on any atom is -0.497 e. The lowest BCUT2D eigenvalue weighted by Crippen LogP contribution is -2.28. The Morgan fingerprint density at radius 3 is 2.47 bits per heavy atom. The molecule has 1 amide bonds. The number of methoxy groups -OCH3 is 2. The first kappa shape index (κ1) is 21.4. The first-order chi connectivity index (χ1) is 14.3. The second kappa shape index (κ2) is 8.98. The highest BCUT2D eigenvalue weighted by Gasteiger charge is 2.19. The van der Waals surface area contributed by atoms with Gasteiger partial charge in [-0.1, -0.05) is 0 Å². The van der Waals surface area contributed by atoms with Crippen LogP contribution in [0.3, 0.4) is 0 Å². The number of benzene rings is 2. The first-order valence-electron chi connectivity index (χ1n) is 9.66. The lowest BCUT2D eigenvalue weighted by atomic mass is 10.1. The number of hydrogen-bond donors (Lipinski definition) is 1. The average Bonchev–Trinajstić information content (AvgIpc) is 3.01. The second-order valence-corrected chi connectivity index (χ2v) is 7.11. The minimum atomic E-state index is -0.304. The summed E-state index contributed by atoms with van der Waals surface area (Å²) in [7, 11) is 3.19. The minimum absolute atomic E-state index is 0.128. The summed E-state index contributed by atoms with van der Waals surface area (Å²) in [5.41, 5.74) is 4.04. The molecular formula is C23H26FN3O3. The van der Waals surface area contributed by atoms with Crippen molar-refractivity contribution >= 4 is 5.91 Å². The summed E-state index contributed by atoms with van der Waals surface area (Å²) >= 11 is 0. The summed E-state index contributed by atoms with van der Waals surface area (Å²) < 4.78 is 25.7. The third kappa shape index (κ3) is 4.45. The van der Waals surface area contributed by atoms with Gasteiger partial charge in [0.1, 0.15) is 17.3 Å². The van der Waals surface area contributed by atoms with Crippen molar-refractivity contribution in [1.29, 1.82) is 0 Å². The highest BCUT2D eigenvalue weighted by atomic mass is 19.1. The third-order valence-electron chi connectivity index (χ3n) is 5.13. The molecular weight excluding hydrogens is 385 g/mol. The van der Waals surface area contributed by atoms with Gasteiger partial charge in [-0.2, -0.15) is 5.10 Å². The number of nitrogens with one attached hydrogen (secondary N) is 1. The fraction of sp³-hybridized carbons (Fsp3) is 0.304. The highest BCUT2D eigenvalue weighted by molar-refractivity contribution is 5.79. The van der Waals surface area contributed by atoms with E-state index in [2.05, 4.69) is 10.4 Å². The van der Waals surface area contributed by atoms with Gasteiger partial charge in [-0.25, -0.2) is 9.07 Å². The molecule has 0 spiro atoms. The smallest absolute Gasteiger partial charge is 0.225 e. The van der Waals surface area contributed by atoms with Gasteiger partial charge in [-0.3, -0.25) is 4.79 Å². The molecule has 1 aromatic heterocycles. The Morgan fingerprint density at radius 1 is 1.13 bits per heavy atom. The van der Waals surface area contributed by atoms with Crippen LogP contribution < -0.4 is 14.8 Å². The van der Waals surface area contributed by atoms with Gasteiger partial charge in [0.05, 0.1) is 38.1 Å². The predicted octanol–water partition coefficient (Wildman–Crippen LogP) is 4.07. The maximum absolute atomic E-state index is 13.2. The van der Waals surface area contributed by atoms with Crippen LogP contribution in [-0.2, 0) is 11.2 Å². The van der Waals surface area contributed by atoms with E-state index in [-0.39, 0.29) is 24.2 Å². The van der Waals surface area contributed by atoms with Crippen LogP contribution in [0.2, 0.25) is 0 Å². The van der Waals surface area contributed by atoms with Crippen molar-refractivity contribution in [3.8, 4) is 17.2 Å². The van der Waals surface area contributed by atoms with Crippen molar-refractivity contribution in [1.82, 2.24) is 15.1 Å². The quantitative estimate of drug-likeness (QED) is 0.637. The molecule has 0 aliphatic carbocycles. The number of aromatic nitrogens is 2. The molecule has 0 bridgehead atoms. The van der Waals surface area contributed by atoms with E-state index in [0.29, 0.717) is 11.5 Å². The summed E-state index contributed by atoms with van der Waals surface area (Å²) in [6.45, 7) is 5.67. The van der Waals surface area contributed by atoms with Gasteiger partial charge in [-0.05, 0) is 63.2 Å². The molecule has 0 fully saturated rings. The second-order valence-electron chi connectivity index (χ2n) is 7.11. The van der Waals surface area contributed by atoms with Crippen LogP contribution in [-0.4, -0.2) is 29.9 Å². The zero-order valence-electron chi connectivity index (χ0n) is 17.8. The molecule has 0 saturated heterocycles. The molecule has 0 saturated carbocycles. The SMILES string of the molecule is COc1ccc(OC)c([C@H](C)NC(=O)Cc2c(C)nn(-c3ccc(F)cc3)c2C)c1. The number of rotatable bonds is 7. The van der Waals surface area contributed by atoms with Gasteiger partial charge in [0.25, 0.3) is 0 Å². The largest absolute Gasteiger partial charge is 0.497 e. The lowest BCUT2D eigenvalue weighted by Gasteiger charge is -2.18. The van der Waals surface area contributed by atoms with Gasteiger partial charge < -0.3 is 14.8 Å². The number of amides is 1. The van der Waals surface area contributed by atoms with Crippen LogP contribution in [0, 0.1) is 19.7 Å². The average molecular weight is 411 g/mol. The standard InChI is InChI=1S/C23H26FN3O3/c1-14(21-12-19(29-4)10-11-22(21)30-5)25-23(28)13-20-15(2)26-27(16(20)3)18-8-6-17(24)7-9-18/h6-12,14H,13H2,1-5H3,(H,25,28)/t14-/m0/s1. The van der Waals surface area contributed by atoms with Crippen molar-refractivity contribution in [2.45, 2.75) is 33.2 Å². The Labute approximate surface area is 175 Å². The molecule has 2 aromatic carbocycles. The zero-order chi connectivity index (χ0) is 21.8. The number of carbonyl (C=O) groups is 1. The van der Waals surface area contributed by atoms with Gasteiger partial charge in [0.15, 0.2) is 0 Å². The van der Waals surface area contributed by atoms with Gasteiger partial charge in [0, 0.05) is 16.8 Å². The normalized spacial score (nSPS) is 11.8. The summed E-state index contributed by atoms with van der Waals surface area (Å²) in [4.78, 5) is 12.8. The molecule has 1 N–H and O–H groups in total. The van der Waals surface area contributed by atoms with Crippen molar-refractivity contribution in [2.24, 2.45) is 0 Å². The third-order valence-corrected chi connectivity index (χ3v) is 5.13.